The molecule has 0 unspecified atom stereocenters. The summed E-state index contributed by atoms with van der Waals surface area (Å²) in [6, 6.07) is 14.2. The largest absolute Gasteiger partial charge is 0.573 e. The molecule has 2 aliphatic heterocycles. The number of anilines is 1. The first-order valence-electron chi connectivity index (χ1n) is 12.0. The van der Waals surface area contributed by atoms with Gasteiger partial charge in [0.1, 0.15) is 30.4 Å². The van der Waals surface area contributed by atoms with E-state index in [9.17, 15) is 23.3 Å². The van der Waals surface area contributed by atoms with Gasteiger partial charge in [-0.1, -0.05) is 12.1 Å². The fraction of sp³-hybridized carbons (Fsp3) is 0.400. The van der Waals surface area contributed by atoms with Crippen molar-refractivity contribution in [1.82, 2.24) is 9.55 Å². The predicted molar refractivity (Wildman–Crippen MR) is 127 cm³/mol. The maximum atomic E-state index is 12.4. The van der Waals surface area contributed by atoms with Gasteiger partial charge in [0.25, 0.3) is 0 Å². The van der Waals surface area contributed by atoms with Crippen LogP contribution in [0.5, 0.6) is 17.5 Å². The molecule has 1 atom stereocenters. The van der Waals surface area contributed by atoms with Crippen LogP contribution in [0.3, 0.4) is 0 Å². The molecule has 0 amide bonds. The highest BCUT2D eigenvalue weighted by molar-refractivity contribution is 5.49. The van der Waals surface area contributed by atoms with Crippen LogP contribution in [0.4, 0.5) is 24.7 Å². The van der Waals surface area contributed by atoms with Crippen molar-refractivity contribution in [2.45, 2.75) is 44.2 Å². The molecule has 1 aromatic heterocycles. The van der Waals surface area contributed by atoms with Crippen LogP contribution in [0.15, 0.2) is 54.7 Å². The Kier molecular flexibility index (Phi) is 6.81. The smallest absolute Gasteiger partial charge is 0.490 e. The summed E-state index contributed by atoms with van der Waals surface area (Å²) in [7, 11) is 0. The van der Waals surface area contributed by atoms with Gasteiger partial charge in [-0.3, -0.25) is 4.57 Å². The average Bonchev–Trinajstić information content (AvgIpc) is 3.32. The van der Waals surface area contributed by atoms with Gasteiger partial charge in [-0.2, -0.15) is 0 Å². The first-order chi connectivity index (χ1) is 17.7. The molecule has 3 heterocycles. The number of aryl methyl sites for hydroxylation is 1. The van der Waals surface area contributed by atoms with Gasteiger partial charge in [0.15, 0.2) is 0 Å². The lowest BCUT2D eigenvalue weighted by molar-refractivity contribution is -0.389. The van der Waals surface area contributed by atoms with Crippen molar-refractivity contribution in [3.8, 4) is 17.5 Å². The minimum atomic E-state index is -4.69. The number of rotatable bonds is 7. The molecular weight excluding hydrogens is 493 g/mol. The van der Waals surface area contributed by atoms with Crippen molar-refractivity contribution in [3.63, 3.8) is 0 Å². The molecule has 0 N–H and O–H groups in total. The zero-order valence-corrected chi connectivity index (χ0v) is 19.8. The number of halogens is 3. The molecule has 196 valence electrons. The van der Waals surface area contributed by atoms with E-state index in [0.29, 0.717) is 25.3 Å². The first-order valence-corrected chi connectivity index (χ1v) is 12.0. The number of imidazole rings is 1. The second-order valence-corrected chi connectivity index (χ2v) is 9.04. The molecular formula is C25H25F3N4O5. The Morgan fingerprint density at radius 3 is 2.32 bits per heavy atom. The quantitative estimate of drug-likeness (QED) is 0.309. The van der Waals surface area contributed by atoms with Crippen molar-refractivity contribution in [2.24, 2.45) is 0 Å². The number of benzene rings is 2. The highest BCUT2D eigenvalue weighted by atomic mass is 19.4. The van der Waals surface area contributed by atoms with E-state index >= 15 is 0 Å². The number of ether oxygens (including phenoxy) is 3. The summed E-state index contributed by atoms with van der Waals surface area (Å²) in [4.78, 5) is 16.5. The minimum absolute atomic E-state index is 0.207. The van der Waals surface area contributed by atoms with Crippen LogP contribution in [0, 0.1) is 10.1 Å². The van der Waals surface area contributed by atoms with E-state index in [4.69, 9.17) is 9.47 Å². The van der Waals surface area contributed by atoms with Crippen LogP contribution in [0.1, 0.15) is 30.7 Å². The molecule has 0 saturated carbocycles. The summed E-state index contributed by atoms with van der Waals surface area (Å²) < 4.78 is 54.3. The third-order valence-electron chi connectivity index (χ3n) is 6.60. The number of nitrogens with zero attached hydrogens (tertiary/aromatic N) is 4. The van der Waals surface area contributed by atoms with Crippen molar-refractivity contribution in [3.05, 3.63) is 70.4 Å². The monoisotopic (exact) mass is 518 g/mol. The number of nitro groups is 1. The molecule has 1 fully saturated rings. The van der Waals surface area contributed by atoms with Gasteiger partial charge in [-0.15, -0.1) is 13.2 Å². The minimum Gasteiger partial charge on any atom is -0.490 e. The van der Waals surface area contributed by atoms with Crippen LogP contribution < -0.4 is 19.1 Å². The summed E-state index contributed by atoms with van der Waals surface area (Å²) in [5, 5.41) is 10.9. The molecule has 12 heteroatoms. The van der Waals surface area contributed by atoms with Gasteiger partial charge in [0.05, 0.1) is 0 Å². The van der Waals surface area contributed by atoms with Gasteiger partial charge in [0.2, 0.25) is 0 Å². The average molecular weight is 518 g/mol. The van der Waals surface area contributed by atoms with Crippen molar-refractivity contribution < 1.29 is 32.3 Å². The second kappa shape index (κ2) is 10.2. The van der Waals surface area contributed by atoms with Crippen LogP contribution in [0.2, 0.25) is 0 Å². The number of piperidine rings is 1. The van der Waals surface area contributed by atoms with Crippen LogP contribution in [-0.4, -0.2) is 46.6 Å². The van der Waals surface area contributed by atoms with E-state index in [-0.39, 0.29) is 29.6 Å². The van der Waals surface area contributed by atoms with E-state index < -0.39 is 11.3 Å². The molecule has 9 nitrogen and oxygen atoms in total. The Labute approximate surface area is 210 Å². The highest BCUT2D eigenvalue weighted by Gasteiger charge is 2.31. The normalized spacial score (nSPS) is 18.1. The molecule has 3 aromatic rings. The Morgan fingerprint density at radius 1 is 1.00 bits per heavy atom. The third kappa shape index (κ3) is 6.07. The van der Waals surface area contributed by atoms with E-state index in [0.717, 1.165) is 37.2 Å². The van der Waals surface area contributed by atoms with Gasteiger partial charge in [0, 0.05) is 36.7 Å². The summed E-state index contributed by atoms with van der Waals surface area (Å²) >= 11 is 0. The molecule has 37 heavy (non-hydrogen) atoms. The lowest BCUT2D eigenvalue weighted by atomic mass is 9.89. The van der Waals surface area contributed by atoms with Gasteiger partial charge >= 0.3 is 18.2 Å². The van der Waals surface area contributed by atoms with E-state index in [1.807, 2.05) is 24.3 Å². The summed E-state index contributed by atoms with van der Waals surface area (Å²) in [6.07, 6.45) is -1.12. The second-order valence-electron chi connectivity index (χ2n) is 9.04. The number of hydrogen-bond donors (Lipinski definition) is 0. The molecule has 0 radical (unpaired) electrons. The zero-order chi connectivity index (χ0) is 26.0. The van der Waals surface area contributed by atoms with Crippen molar-refractivity contribution >= 4 is 11.5 Å². The number of hydrogen-bond acceptors (Lipinski definition) is 7. The molecule has 2 aliphatic rings. The highest BCUT2D eigenvalue weighted by Crippen LogP contribution is 2.33. The Hall–Kier alpha value is -3.96. The van der Waals surface area contributed by atoms with Crippen molar-refractivity contribution in [1.29, 1.82) is 0 Å². The van der Waals surface area contributed by atoms with Gasteiger partial charge in [-0.05, 0) is 65.6 Å². The molecule has 0 aliphatic carbocycles. The third-order valence-corrected chi connectivity index (χ3v) is 6.60. The fourth-order valence-corrected chi connectivity index (χ4v) is 4.69. The maximum absolute atomic E-state index is 12.4. The Balaban J connectivity index is 1.09. The first kappa shape index (κ1) is 24.7. The Bertz CT molecular complexity index is 1220. The number of fused-ring (bicyclic) bond motifs is 1. The van der Waals surface area contributed by atoms with E-state index in [2.05, 4.69) is 14.6 Å². The molecule has 0 bridgehead atoms. The summed E-state index contributed by atoms with van der Waals surface area (Å²) in [6.45, 7) is 2.55. The van der Waals surface area contributed by atoms with Crippen LogP contribution >= 0.6 is 0 Å². The van der Waals surface area contributed by atoms with E-state index in [1.54, 1.807) is 16.7 Å². The summed E-state index contributed by atoms with van der Waals surface area (Å²) in [5.74, 6) is 0.542. The van der Waals surface area contributed by atoms with Gasteiger partial charge in [-0.25, -0.2) is 0 Å². The van der Waals surface area contributed by atoms with E-state index in [1.165, 1.54) is 18.3 Å². The molecule has 0 spiro atoms. The molecule has 2 aromatic carbocycles. The molecule has 5 rings (SSSR count). The van der Waals surface area contributed by atoms with Crippen LogP contribution in [0.25, 0.3) is 0 Å². The lowest BCUT2D eigenvalue weighted by Crippen LogP contribution is -2.32. The zero-order valence-electron chi connectivity index (χ0n) is 19.8. The fourth-order valence-electron chi connectivity index (χ4n) is 4.69. The van der Waals surface area contributed by atoms with Crippen molar-refractivity contribution in [2.75, 3.05) is 24.6 Å². The Morgan fingerprint density at radius 2 is 1.68 bits per heavy atom. The SMILES string of the molecule is O=[N+]([O-])c1cn2c(n1)O[C@@H](COc1ccc(N3CCC(c4ccc(OC(F)(F)F)cc4)CC3)cc1)CC2. The van der Waals surface area contributed by atoms with Crippen LogP contribution in [-0.2, 0) is 6.54 Å². The number of alkyl halides is 3. The van der Waals surface area contributed by atoms with Gasteiger partial charge < -0.3 is 29.2 Å². The molecule has 1 saturated heterocycles. The number of aromatic nitrogens is 2. The summed E-state index contributed by atoms with van der Waals surface area (Å²) in [5.41, 5.74) is 2.09. The lowest BCUT2D eigenvalue weighted by Gasteiger charge is -2.34. The maximum Gasteiger partial charge on any atom is 0.573 e. The topological polar surface area (TPSA) is 91.9 Å². The predicted octanol–water partition coefficient (Wildman–Crippen LogP) is 5.30. The standard InChI is InChI=1S/C25H25F3N4O5/c26-25(27,28)37-21-5-1-17(2-6-21)18-9-12-30(13-10-18)19-3-7-20(8-4-19)35-16-22-11-14-31-15-23(32(33)34)29-24(31)36-22/h1-8,15,18,22H,9-14,16H2/t22-/m1/s1.